The first-order valence-electron chi connectivity index (χ1n) is 6.74. The number of rotatable bonds is 4. The maximum atomic E-state index is 13.4. The zero-order valence-corrected chi connectivity index (χ0v) is 12.9. The summed E-state index contributed by atoms with van der Waals surface area (Å²) in [6.45, 7) is 0.265. The van der Waals surface area contributed by atoms with Crippen molar-refractivity contribution in [2.24, 2.45) is 11.8 Å². The molecule has 0 aromatic heterocycles. The maximum Gasteiger partial charge on any atom is 0.246 e. The van der Waals surface area contributed by atoms with E-state index in [-0.39, 0.29) is 23.7 Å². The van der Waals surface area contributed by atoms with Crippen LogP contribution in [-0.2, 0) is 14.8 Å². The third kappa shape index (κ3) is 3.21. The highest BCUT2D eigenvalue weighted by molar-refractivity contribution is 7.89. The predicted octanol–water partition coefficient (Wildman–Crippen LogP) is 0.225. The van der Waals surface area contributed by atoms with E-state index in [2.05, 4.69) is 0 Å². The summed E-state index contributed by atoms with van der Waals surface area (Å²) < 4.78 is 45.0. The molecule has 7 nitrogen and oxygen atoms in total. The van der Waals surface area contributed by atoms with E-state index >= 15 is 0 Å². The second kappa shape index (κ2) is 6.59. The first-order chi connectivity index (χ1) is 10.4. The number of nitrogens with zero attached hydrogens (tertiary/aromatic N) is 1. The Morgan fingerprint density at radius 3 is 2.86 bits per heavy atom. The van der Waals surface area contributed by atoms with Crippen molar-refractivity contribution < 1.29 is 22.3 Å². The molecule has 1 aromatic rings. The van der Waals surface area contributed by atoms with Gasteiger partial charge in [0.05, 0.1) is 13.0 Å². The summed E-state index contributed by atoms with van der Waals surface area (Å²) in [5.74, 6) is 3.55. The number of hydrogen-bond donors (Lipinski definition) is 2. The van der Waals surface area contributed by atoms with Crippen LogP contribution >= 0.6 is 0 Å². The standard InChI is InChI=1S/C13H18FN3O4S/c1-21-11-5-4-10(14)7-12(11)22(19,20)17-6-2-3-9(8-17)13(18)16-15/h4-5,7,9H,2-3,6,8,15H2,1H3,(H,16,18)/t9-/m1/s1. The topological polar surface area (TPSA) is 102 Å². The fourth-order valence-corrected chi connectivity index (χ4v) is 4.17. The van der Waals surface area contributed by atoms with E-state index < -0.39 is 27.7 Å². The molecule has 1 heterocycles. The van der Waals surface area contributed by atoms with Gasteiger partial charge in [-0.15, -0.1) is 0 Å². The molecule has 22 heavy (non-hydrogen) atoms. The first-order valence-corrected chi connectivity index (χ1v) is 8.18. The lowest BCUT2D eigenvalue weighted by Gasteiger charge is -2.31. The molecule has 1 aliphatic rings. The molecule has 2 rings (SSSR count). The molecule has 122 valence electrons. The lowest BCUT2D eigenvalue weighted by molar-refractivity contribution is -0.126. The average molecular weight is 331 g/mol. The van der Waals surface area contributed by atoms with Gasteiger partial charge in [-0.3, -0.25) is 10.2 Å². The van der Waals surface area contributed by atoms with Gasteiger partial charge in [-0.2, -0.15) is 4.31 Å². The van der Waals surface area contributed by atoms with E-state index in [1.54, 1.807) is 0 Å². The summed E-state index contributed by atoms with van der Waals surface area (Å²) in [5, 5.41) is 0. The lowest BCUT2D eigenvalue weighted by atomic mass is 9.99. The van der Waals surface area contributed by atoms with Crippen LogP contribution in [0.4, 0.5) is 4.39 Å². The van der Waals surface area contributed by atoms with Crippen LogP contribution in [0.15, 0.2) is 23.1 Å². The van der Waals surface area contributed by atoms with Gasteiger partial charge in [0.15, 0.2) is 0 Å². The largest absolute Gasteiger partial charge is 0.495 e. The molecule has 1 atom stereocenters. The molecule has 3 N–H and O–H groups in total. The number of carbonyl (C=O) groups is 1. The van der Waals surface area contributed by atoms with Gasteiger partial charge in [0.25, 0.3) is 0 Å². The third-order valence-corrected chi connectivity index (χ3v) is 5.53. The summed E-state index contributed by atoms with van der Waals surface area (Å²) in [7, 11) is -2.64. The minimum atomic E-state index is -3.95. The van der Waals surface area contributed by atoms with E-state index in [9.17, 15) is 17.6 Å². The number of benzene rings is 1. The monoisotopic (exact) mass is 331 g/mol. The number of ether oxygens (including phenoxy) is 1. The predicted molar refractivity (Wildman–Crippen MR) is 76.8 cm³/mol. The van der Waals surface area contributed by atoms with E-state index in [1.807, 2.05) is 5.43 Å². The number of nitrogens with two attached hydrogens (primary N) is 1. The van der Waals surface area contributed by atoms with Crippen molar-refractivity contribution in [3.05, 3.63) is 24.0 Å². The number of carbonyl (C=O) groups excluding carboxylic acids is 1. The zero-order valence-electron chi connectivity index (χ0n) is 12.1. The lowest BCUT2D eigenvalue weighted by Crippen LogP contribution is -2.46. The summed E-state index contributed by atoms with van der Waals surface area (Å²) in [6, 6.07) is 3.30. The number of sulfonamides is 1. The molecule has 1 aromatic carbocycles. The number of hydrazine groups is 1. The Morgan fingerprint density at radius 2 is 2.23 bits per heavy atom. The van der Waals surface area contributed by atoms with Crippen molar-refractivity contribution in [1.82, 2.24) is 9.73 Å². The second-order valence-corrected chi connectivity index (χ2v) is 6.91. The molecule has 0 bridgehead atoms. The minimum Gasteiger partial charge on any atom is -0.495 e. The highest BCUT2D eigenvalue weighted by atomic mass is 32.2. The molecule has 1 fully saturated rings. The molecule has 1 aliphatic heterocycles. The van der Waals surface area contributed by atoms with Crippen LogP contribution in [0.2, 0.25) is 0 Å². The molecular weight excluding hydrogens is 313 g/mol. The van der Waals surface area contributed by atoms with Gasteiger partial charge in [0.1, 0.15) is 16.5 Å². The Balaban J connectivity index is 2.34. The molecule has 0 radical (unpaired) electrons. The normalized spacial score (nSPS) is 19.7. The maximum absolute atomic E-state index is 13.4. The fraction of sp³-hybridized carbons (Fsp3) is 0.462. The molecule has 0 unspecified atom stereocenters. The first kappa shape index (κ1) is 16.7. The van der Waals surface area contributed by atoms with Crippen molar-refractivity contribution in [1.29, 1.82) is 0 Å². The number of methoxy groups -OCH3 is 1. The number of hydrogen-bond acceptors (Lipinski definition) is 5. The van der Waals surface area contributed by atoms with Gasteiger partial charge in [-0.25, -0.2) is 18.7 Å². The van der Waals surface area contributed by atoms with Gasteiger partial charge < -0.3 is 4.74 Å². The van der Waals surface area contributed by atoms with Gasteiger partial charge in [-0.1, -0.05) is 0 Å². The van der Waals surface area contributed by atoms with Gasteiger partial charge >= 0.3 is 0 Å². The van der Waals surface area contributed by atoms with Crippen LogP contribution in [-0.4, -0.2) is 38.8 Å². The van der Waals surface area contributed by atoms with Crippen molar-refractivity contribution in [2.45, 2.75) is 17.7 Å². The Labute approximate surface area is 128 Å². The van der Waals surface area contributed by atoms with E-state index in [0.29, 0.717) is 12.8 Å². The number of piperidine rings is 1. The third-order valence-electron chi connectivity index (χ3n) is 3.64. The van der Waals surface area contributed by atoms with E-state index in [0.717, 1.165) is 16.4 Å². The van der Waals surface area contributed by atoms with E-state index in [1.165, 1.54) is 13.2 Å². The summed E-state index contributed by atoms with van der Waals surface area (Å²) in [4.78, 5) is 11.4. The molecule has 1 saturated heterocycles. The van der Waals surface area contributed by atoms with Crippen molar-refractivity contribution in [2.75, 3.05) is 20.2 Å². The minimum absolute atomic E-state index is 0.00499. The Morgan fingerprint density at radius 1 is 1.50 bits per heavy atom. The van der Waals surface area contributed by atoms with Gasteiger partial charge in [0.2, 0.25) is 15.9 Å². The van der Waals surface area contributed by atoms with Crippen molar-refractivity contribution in [3.8, 4) is 5.75 Å². The average Bonchev–Trinajstić information content (AvgIpc) is 2.54. The van der Waals surface area contributed by atoms with Crippen molar-refractivity contribution in [3.63, 3.8) is 0 Å². The van der Waals surface area contributed by atoms with E-state index in [4.69, 9.17) is 10.6 Å². The fourth-order valence-electron chi connectivity index (χ4n) is 2.48. The molecule has 0 aliphatic carbocycles. The zero-order chi connectivity index (χ0) is 16.3. The number of amides is 1. The van der Waals surface area contributed by atoms with Crippen LogP contribution in [0.3, 0.4) is 0 Å². The smallest absolute Gasteiger partial charge is 0.246 e. The highest BCUT2D eigenvalue weighted by Gasteiger charge is 2.34. The molecular formula is C13H18FN3O4S. The SMILES string of the molecule is COc1ccc(F)cc1S(=O)(=O)N1CCC[C@@H](C(=O)NN)C1. The highest BCUT2D eigenvalue weighted by Crippen LogP contribution is 2.30. The Hall–Kier alpha value is -1.71. The molecule has 0 saturated carbocycles. The number of nitrogens with one attached hydrogen (secondary N) is 1. The Kier molecular flexibility index (Phi) is 4.99. The summed E-state index contributed by atoms with van der Waals surface area (Å²) in [6.07, 6.45) is 1.07. The van der Waals surface area contributed by atoms with Crippen LogP contribution in [0.5, 0.6) is 5.75 Å². The molecule has 0 spiro atoms. The quantitative estimate of drug-likeness (QED) is 0.467. The molecule has 9 heteroatoms. The summed E-state index contributed by atoms with van der Waals surface area (Å²) in [5.41, 5.74) is 2.03. The van der Waals surface area contributed by atoms with Gasteiger partial charge in [-0.05, 0) is 31.0 Å². The van der Waals surface area contributed by atoms with Crippen LogP contribution < -0.4 is 16.0 Å². The van der Waals surface area contributed by atoms with Crippen LogP contribution in [0.25, 0.3) is 0 Å². The van der Waals surface area contributed by atoms with Crippen LogP contribution in [0.1, 0.15) is 12.8 Å². The summed E-state index contributed by atoms with van der Waals surface area (Å²) >= 11 is 0. The Bertz CT molecular complexity index is 665. The van der Waals surface area contributed by atoms with Gasteiger partial charge in [0, 0.05) is 13.1 Å². The number of halogens is 1. The second-order valence-electron chi connectivity index (χ2n) is 5.01. The van der Waals surface area contributed by atoms with Crippen molar-refractivity contribution >= 4 is 15.9 Å². The van der Waals surface area contributed by atoms with Crippen LogP contribution in [0, 0.1) is 11.7 Å². The molecule has 1 amide bonds.